The van der Waals surface area contributed by atoms with Gasteiger partial charge in [-0.1, -0.05) is 6.07 Å². The number of aromatic nitrogens is 3. The maximum absolute atomic E-state index is 13.6. The third kappa shape index (κ3) is 3.68. The van der Waals surface area contributed by atoms with E-state index in [0.717, 1.165) is 30.3 Å². The van der Waals surface area contributed by atoms with Gasteiger partial charge in [0.25, 0.3) is 5.91 Å². The third-order valence-corrected chi connectivity index (χ3v) is 3.68. The van der Waals surface area contributed by atoms with E-state index in [4.69, 9.17) is 0 Å². The summed E-state index contributed by atoms with van der Waals surface area (Å²) in [5.74, 6) is -5.43. The van der Waals surface area contributed by atoms with Gasteiger partial charge in [-0.25, -0.2) is 13.2 Å². The normalized spacial score (nSPS) is 11.5. The lowest BCUT2D eigenvalue weighted by atomic mass is 10.2. The van der Waals surface area contributed by atoms with Crippen molar-refractivity contribution < 1.29 is 31.1 Å². The minimum atomic E-state index is -4.86. The third-order valence-electron chi connectivity index (χ3n) is 3.68. The van der Waals surface area contributed by atoms with Crippen molar-refractivity contribution in [1.29, 1.82) is 0 Å². The van der Waals surface area contributed by atoms with Gasteiger partial charge in [0.15, 0.2) is 17.5 Å². The van der Waals surface area contributed by atoms with Crippen LogP contribution in [0.25, 0.3) is 5.69 Å². The molecule has 0 saturated heterocycles. The molecule has 1 N–H and O–H groups in total. The van der Waals surface area contributed by atoms with Gasteiger partial charge < -0.3 is 5.32 Å². The largest absolute Gasteiger partial charge is 0.452 e. The smallest absolute Gasteiger partial charge is 0.322 e. The lowest BCUT2D eigenvalue weighted by Crippen LogP contribution is -2.16. The first-order valence-corrected chi connectivity index (χ1v) is 7.65. The Hall–Kier alpha value is -3.37. The molecule has 11 heteroatoms. The molecule has 3 aromatic rings. The van der Waals surface area contributed by atoms with Gasteiger partial charge in [-0.15, -0.1) is 10.2 Å². The second kappa shape index (κ2) is 7.33. The van der Waals surface area contributed by atoms with Crippen molar-refractivity contribution in [3.8, 4) is 5.69 Å². The molecule has 0 radical (unpaired) electrons. The van der Waals surface area contributed by atoms with Crippen molar-refractivity contribution in [1.82, 2.24) is 14.8 Å². The van der Waals surface area contributed by atoms with E-state index >= 15 is 0 Å². The van der Waals surface area contributed by atoms with Crippen LogP contribution in [0.4, 0.5) is 32.0 Å². The highest BCUT2D eigenvalue weighted by Crippen LogP contribution is 2.31. The summed E-state index contributed by atoms with van der Waals surface area (Å²) in [4.78, 5) is 12.0. The lowest BCUT2D eigenvalue weighted by molar-refractivity contribution is -0.146. The zero-order chi connectivity index (χ0) is 20.5. The number of alkyl halides is 4. The summed E-state index contributed by atoms with van der Waals surface area (Å²) in [6, 6.07) is 7.83. The van der Waals surface area contributed by atoms with Crippen LogP contribution in [0.15, 0.2) is 42.5 Å². The van der Waals surface area contributed by atoms with Gasteiger partial charge in [0.1, 0.15) is 6.67 Å². The van der Waals surface area contributed by atoms with Crippen LogP contribution in [0.2, 0.25) is 0 Å². The standard InChI is InChI=1S/C17H10F6N4O/c18-8-13-25-26-16(17(21,22)23)27(13)10-6-4-9(5-7-10)24-15(28)11-2-1-3-12(19)14(11)20/h1-7H,8H2,(H,24,28). The monoisotopic (exact) mass is 400 g/mol. The predicted molar refractivity (Wildman–Crippen MR) is 85.5 cm³/mol. The van der Waals surface area contributed by atoms with E-state index in [2.05, 4.69) is 15.5 Å². The highest BCUT2D eigenvalue weighted by atomic mass is 19.4. The van der Waals surface area contributed by atoms with Crippen LogP contribution in [0.1, 0.15) is 22.0 Å². The minimum absolute atomic E-state index is 0.0973. The SMILES string of the molecule is O=C(Nc1ccc(-n2c(CF)nnc2C(F)(F)F)cc1)c1cccc(F)c1F. The number of carbonyl (C=O) groups excluding carboxylic acids is 1. The molecule has 0 spiro atoms. The molecule has 1 heterocycles. The maximum atomic E-state index is 13.6. The summed E-state index contributed by atoms with van der Waals surface area (Å²) >= 11 is 0. The van der Waals surface area contributed by atoms with Crippen LogP contribution in [0.3, 0.4) is 0 Å². The van der Waals surface area contributed by atoms with Crippen molar-refractivity contribution in [3.05, 3.63) is 71.3 Å². The van der Waals surface area contributed by atoms with Crippen LogP contribution >= 0.6 is 0 Å². The van der Waals surface area contributed by atoms with E-state index in [1.807, 2.05) is 0 Å². The van der Waals surface area contributed by atoms with Crippen LogP contribution in [0.5, 0.6) is 0 Å². The molecule has 1 amide bonds. The Morgan fingerprint density at radius 1 is 1.04 bits per heavy atom. The van der Waals surface area contributed by atoms with Gasteiger partial charge >= 0.3 is 6.18 Å². The fourth-order valence-electron chi connectivity index (χ4n) is 2.43. The van der Waals surface area contributed by atoms with E-state index < -0.39 is 47.6 Å². The van der Waals surface area contributed by atoms with E-state index in [0.29, 0.717) is 4.57 Å². The van der Waals surface area contributed by atoms with Crippen LogP contribution in [-0.2, 0) is 12.9 Å². The highest BCUT2D eigenvalue weighted by Gasteiger charge is 2.39. The topological polar surface area (TPSA) is 59.8 Å². The number of hydrogen-bond acceptors (Lipinski definition) is 3. The Morgan fingerprint density at radius 3 is 2.32 bits per heavy atom. The first-order chi connectivity index (χ1) is 13.2. The Balaban J connectivity index is 1.88. The molecular weight excluding hydrogens is 390 g/mol. The fraction of sp³-hybridized carbons (Fsp3) is 0.118. The predicted octanol–water partition coefficient (Wildman–Crippen LogP) is 4.29. The number of hydrogen-bond donors (Lipinski definition) is 1. The fourth-order valence-corrected chi connectivity index (χ4v) is 2.43. The molecule has 0 aliphatic rings. The molecule has 0 unspecified atom stereocenters. The Bertz CT molecular complexity index is 1010. The van der Waals surface area contributed by atoms with Crippen LogP contribution < -0.4 is 5.32 Å². The lowest BCUT2D eigenvalue weighted by Gasteiger charge is -2.12. The molecule has 0 saturated carbocycles. The Kier molecular flexibility index (Phi) is 5.08. The number of nitrogens with one attached hydrogen (secondary N) is 1. The van der Waals surface area contributed by atoms with Crippen molar-refractivity contribution in [2.24, 2.45) is 0 Å². The quantitative estimate of drug-likeness (QED) is 0.665. The molecule has 146 valence electrons. The average molecular weight is 400 g/mol. The number of benzene rings is 2. The molecule has 0 bridgehead atoms. The maximum Gasteiger partial charge on any atom is 0.452 e. The number of carbonyl (C=O) groups is 1. The number of amides is 1. The first kappa shape index (κ1) is 19.4. The number of nitrogens with zero attached hydrogens (tertiary/aromatic N) is 3. The number of rotatable bonds is 4. The number of halogens is 6. The van der Waals surface area contributed by atoms with Gasteiger partial charge in [0.2, 0.25) is 5.82 Å². The molecule has 0 aliphatic carbocycles. The molecular formula is C17H10F6N4O. The minimum Gasteiger partial charge on any atom is -0.322 e. The van der Waals surface area contributed by atoms with E-state index in [9.17, 15) is 31.1 Å². The summed E-state index contributed by atoms with van der Waals surface area (Å²) in [7, 11) is 0. The van der Waals surface area contributed by atoms with Gasteiger partial charge in [-0.3, -0.25) is 9.36 Å². The van der Waals surface area contributed by atoms with Crippen molar-refractivity contribution >= 4 is 11.6 Å². The van der Waals surface area contributed by atoms with Gasteiger partial charge in [-0.2, -0.15) is 13.2 Å². The van der Waals surface area contributed by atoms with E-state index in [1.54, 1.807) is 0 Å². The Labute approximate surface area is 153 Å². The molecule has 28 heavy (non-hydrogen) atoms. The van der Waals surface area contributed by atoms with E-state index in [-0.39, 0.29) is 11.4 Å². The molecule has 3 rings (SSSR count). The first-order valence-electron chi connectivity index (χ1n) is 7.65. The van der Waals surface area contributed by atoms with Gasteiger partial charge in [0.05, 0.1) is 5.56 Å². The molecule has 0 atom stereocenters. The second-order valence-electron chi connectivity index (χ2n) is 5.51. The molecule has 2 aromatic carbocycles. The van der Waals surface area contributed by atoms with Crippen molar-refractivity contribution in [2.45, 2.75) is 12.9 Å². The van der Waals surface area contributed by atoms with Gasteiger partial charge in [-0.05, 0) is 36.4 Å². The molecule has 0 aliphatic heterocycles. The van der Waals surface area contributed by atoms with Crippen LogP contribution in [0, 0.1) is 11.6 Å². The summed E-state index contributed by atoms with van der Waals surface area (Å²) in [6.45, 7) is -1.28. The Morgan fingerprint density at radius 2 is 1.71 bits per heavy atom. The second-order valence-corrected chi connectivity index (χ2v) is 5.51. The van der Waals surface area contributed by atoms with Crippen molar-refractivity contribution in [2.75, 3.05) is 5.32 Å². The average Bonchev–Trinajstić information content (AvgIpc) is 3.09. The zero-order valence-electron chi connectivity index (χ0n) is 13.8. The van der Waals surface area contributed by atoms with Crippen molar-refractivity contribution in [3.63, 3.8) is 0 Å². The highest BCUT2D eigenvalue weighted by molar-refractivity contribution is 6.04. The molecule has 1 aromatic heterocycles. The number of anilines is 1. The zero-order valence-corrected chi connectivity index (χ0v) is 13.8. The molecule has 5 nitrogen and oxygen atoms in total. The summed E-state index contributed by atoms with van der Waals surface area (Å²) in [5, 5.41) is 8.43. The summed E-state index contributed by atoms with van der Waals surface area (Å²) in [5.41, 5.74) is -0.539. The summed E-state index contributed by atoms with van der Waals surface area (Å²) in [6.07, 6.45) is -4.86. The van der Waals surface area contributed by atoms with Crippen LogP contribution in [-0.4, -0.2) is 20.7 Å². The molecule has 0 fully saturated rings. The van der Waals surface area contributed by atoms with Gasteiger partial charge in [0, 0.05) is 11.4 Å². The summed E-state index contributed by atoms with van der Waals surface area (Å²) < 4.78 is 79.4. The van der Waals surface area contributed by atoms with E-state index in [1.165, 1.54) is 12.1 Å².